The second-order valence-electron chi connectivity index (χ2n) is 5.57. The van der Waals surface area contributed by atoms with Gasteiger partial charge in [-0.05, 0) is 25.3 Å². The molecule has 2 aliphatic rings. The minimum Gasteiger partial charge on any atom is -0.359 e. The van der Waals surface area contributed by atoms with Gasteiger partial charge in [0, 0.05) is 7.05 Å². The van der Waals surface area contributed by atoms with Gasteiger partial charge in [-0.15, -0.1) is 0 Å². The SMILES string of the molecule is CC1=NCC(C(C)C)N1C.CCC1CC1.CCN. The number of hydrogen-bond donors (Lipinski definition) is 1. The Kier molecular flexibility index (Phi) is 9.08. The molecular weight excluding hydrogens is 222 g/mol. The molecule has 0 saturated heterocycles. The third-order valence-electron chi connectivity index (χ3n) is 3.56. The molecule has 1 aliphatic carbocycles. The van der Waals surface area contributed by atoms with Crippen molar-refractivity contribution in [1.29, 1.82) is 0 Å². The molecule has 0 aromatic carbocycles. The van der Waals surface area contributed by atoms with Crippen molar-refractivity contribution in [3.63, 3.8) is 0 Å². The van der Waals surface area contributed by atoms with Gasteiger partial charge in [0.15, 0.2) is 0 Å². The summed E-state index contributed by atoms with van der Waals surface area (Å²) in [5.74, 6) is 3.03. The van der Waals surface area contributed by atoms with Crippen LogP contribution >= 0.6 is 0 Å². The highest BCUT2D eigenvalue weighted by Crippen LogP contribution is 2.31. The average molecular weight is 255 g/mol. The zero-order chi connectivity index (χ0) is 14.1. The highest BCUT2D eigenvalue weighted by Gasteiger charge is 2.23. The zero-order valence-electron chi connectivity index (χ0n) is 13.2. The maximum atomic E-state index is 4.85. The Bertz CT molecular complexity index is 232. The van der Waals surface area contributed by atoms with Gasteiger partial charge in [-0.3, -0.25) is 4.99 Å². The number of rotatable bonds is 2. The van der Waals surface area contributed by atoms with Crippen LogP contribution in [-0.2, 0) is 0 Å². The molecule has 0 spiro atoms. The quantitative estimate of drug-likeness (QED) is 0.823. The van der Waals surface area contributed by atoms with E-state index in [1.165, 1.54) is 25.1 Å². The van der Waals surface area contributed by atoms with Crippen molar-refractivity contribution in [2.24, 2.45) is 22.6 Å². The summed E-state index contributed by atoms with van der Waals surface area (Å²) in [6.07, 6.45) is 4.44. The maximum absolute atomic E-state index is 4.85. The lowest BCUT2D eigenvalue weighted by atomic mass is 10.0. The van der Waals surface area contributed by atoms with Gasteiger partial charge in [0.2, 0.25) is 0 Å². The summed E-state index contributed by atoms with van der Waals surface area (Å²) in [6.45, 7) is 12.5. The molecule has 1 fully saturated rings. The van der Waals surface area contributed by atoms with Gasteiger partial charge < -0.3 is 10.6 Å². The first-order chi connectivity index (χ1) is 8.47. The Morgan fingerprint density at radius 1 is 1.33 bits per heavy atom. The summed E-state index contributed by atoms with van der Waals surface area (Å²) < 4.78 is 0. The van der Waals surface area contributed by atoms with Gasteiger partial charge in [0.1, 0.15) is 0 Å². The van der Waals surface area contributed by atoms with Crippen LogP contribution in [0.25, 0.3) is 0 Å². The summed E-state index contributed by atoms with van der Waals surface area (Å²) >= 11 is 0. The molecule has 1 unspecified atom stereocenters. The van der Waals surface area contributed by atoms with E-state index in [0.29, 0.717) is 12.0 Å². The number of amidine groups is 1. The predicted octanol–water partition coefficient (Wildman–Crippen LogP) is 3.15. The summed E-state index contributed by atoms with van der Waals surface area (Å²) in [7, 11) is 2.12. The van der Waals surface area contributed by atoms with E-state index in [1.54, 1.807) is 0 Å². The van der Waals surface area contributed by atoms with Crippen molar-refractivity contribution in [3.8, 4) is 0 Å². The van der Waals surface area contributed by atoms with Crippen LogP contribution in [0.2, 0.25) is 0 Å². The van der Waals surface area contributed by atoms with Crippen LogP contribution in [0.5, 0.6) is 0 Å². The van der Waals surface area contributed by atoms with Crippen molar-refractivity contribution in [3.05, 3.63) is 0 Å². The monoisotopic (exact) mass is 255 g/mol. The highest BCUT2D eigenvalue weighted by molar-refractivity contribution is 5.81. The molecule has 1 saturated carbocycles. The molecule has 0 radical (unpaired) electrons. The topological polar surface area (TPSA) is 41.6 Å². The lowest BCUT2D eigenvalue weighted by molar-refractivity contribution is 0.317. The molecule has 0 amide bonds. The minimum atomic E-state index is 0.639. The molecule has 3 nitrogen and oxygen atoms in total. The van der Waals surface area contributed by atoms with Crippen molar-refractivity contribution >= 4 is 5.84 Å². The van der Waals surface area contributed by atoms with E-state index in [2.05, 4.69) is 44.6 Å². The van der Waals surface area contributed by atoms with Crippen LogP contribution in [-0.4, -0.2) is 36.9 Å². The first-order valence-electron chi connectivity index (χ1n) is 7.41. The molecule has 2 rings (SSSR count). The normalized spacial score (nSPS) is 21.9. The van der Waals surface area contributed by atoms with Crippen LogP contribution < -0.4 is 5.73 Å². The number of hydrogen-bond acceptors (Lipinski definition) is 3. The van der Waals surface area contributed by atoms with Crippen molar-refractivity contribution in [1.82, 2.24) is 4.90 Å². The van der Waals surface area contributed by atoms with Gasteiger partial charge in [-0.25, -0.2) is 0 Å². The molecule has 1 atom stereocenters. The van der Waals surface area contributed by atoms with Gasteiger partial charge >= 0.3 is 0 Å². The third kappa shape index (κ3) is 7.00. The standard InChI is InChI=1S/C8H16N2.C5H10.C2H7N/c1-6(2)8-5-9-7(3)10(8)4;1-2-5-3-4-5;1-2-3/h6,8H,5H2,1-4H3;5H,2-4H2,1H3;2-3H2,1H3. The fourth-order valence-electron chi connectivity index (χ4n) is 1.88. The summed E-state index contributed by atoms with van der Waals surface area (Å²) in [5.41, 5.74) is 4.85. The molecule has 18 heavy (non-hydrogen) atoms. The van der Waals surface area contributed by atoms with E-state index < -0.39 is 0 Å². The van der Waals surface area contributed by atoms with Crippen LogP contribution in [0.15, 0.2) is 4.99 Å². The molecular formula is C15H33N3. The van der Waals surface area contributed by atoms with E-state index >= 15 is 0 Å². The fraction of sp³-hybridized carbons (Fsp3) is 0.933. The minimum absolute atomic E-state index is 0.639. The van der Waals surface area contributed by atoms with Gasteiger partial charge in [-0.2, -0.15) is 0 Å². The third-order valence-corrected chi connectivity index (χ3v) is 3.56. The smallest absolute Gasteiger partial charge is 0.0959 e. The molecule has 0 aromatic rings. The second-order valence-corrected chi connectivity index (χ2v) is 5.57. The van der Waals surface area contributed by atoms with E-state index in [1.807, 2.05) is 6.92 Å². The maximum Gasteiger partial charge on any atom is 0.0959 e. The molecule has 2 N–H and O–H groups in total. The Morgan fingerprint density at radius 3 is 1.94 bits per heavy atom. The van der Waals surface area contributed by atoms with Gasteiger partial charge in [0.25, 0.3) is 0 Å². The number of likely N-dealkylation sites (N-methyl/N-ethyl adjacent to an activating group) is 1. The van der Waals surface area contributed by atoms with Gasteiger partial charge in [-0.1, -0.05) is 47.0 Å². The molecule has 0 bridgehead atoms. The lowest BCUT2D eigenvalue weighted by Crippen LogP contribution is -2.35. The first kappa shape index (κ1) is 17.4. The summed E-state index contributed by atoms with van der Waals surface area (Å²) in [4.78, 5) is 6.63. The van der Waals surface area contributed by atoms with Crippen LogP contribution in [0.1, 0.15) is 53.9 Å². The van der Waals surface area contributed by atoms with E-state index in [9.17, 15) is 0 Å². The van der Waals surface area contributed by atoms with Crippen molar-refractivity contribution in [2.45, 2.75) is 59.9 Å². The lowest BCUT2D eigenvalue weighted by Gasteiger charge is -2.24. The van der Waals surface area contributed by atoms with Gasteiger partial charge in [0.05, 0.1) is 18.4 Å². The first-order valence-corrected chi connectivity index (χ1v) is 7.41. The Hall–Kier alpha value is -0.570. The number of nitrogens with two attached hydrogens (primary N) is 1. The molecule has 0 aromatic heterocycles. The van der Waals surface area contributed by atoms with Crippen LogP contribution in [0, 0.1) is 11.8 Å². The second kappa shape index (κ2) is 9.37. The Balaban J connectivity index is 0.000000301. The van der Waals surface area contributed by atoms with E-state index in [4.69, 9.17) is 5.73 Å². The molecule has 1 aliphatic heterocycles. The number of aliphatic imine (C=N–C) groups is 1. The van der Waals surface area contributed by atoms with Crippen LogP contribution in [0.3, 0.4) is 0 Å². The number of nitrogens with zero attached hydrogens (tertiary/aromatic N) is 2. The van der Waals surface area contributed by atoms with Crippen LogP contribution in [0.4, 0.5) is 0 Å². The molecule has 1 heterocycles. The summed E-state index contributed by atoms with van der Waals surface area (Å²) in [5, 5.41) is 0. The fourth-order valence-corrected chi connectivity index (χ4v) is 1.88. The van der Waals surface area contributed by atoms with E-state index in [0.717, 1.165) is 19.0 Å². The summed E-state index contributed by atoms with van der Waals surface area (Å²) in [6, 6.07) is 0.639. The molecule has 3 heteroatoms. The predicted molar refractivity (Wildman–Crippen MR) is 82.1 cm³/mol. The van der Waals surface area contributed by atoms with E-state index in [-0.39, 0.29) is 0 Å². The van der Waals surface area contributed by atoms with Crippen molar-refractivity contribution < 1.29 is 0 Å². The molecule has 108 valence electrons. The van der Waals surface area contributed by atoms with Crippen molar-refractivity contribution in [2.75, 3.05) is 20.1 Å². The Labute approximate surface area is 114 Å². The highest BCUT2D eigenvalue weighted by atomic mass is 15.2. The Morgan fingerprint density at radius 2 is 1.83 bits per heavy atom. The average Bonchev–Trinajstić information content (AvgIpc) is 3.08. The zero-order valence-corrected chi connectivity index (χ0v) is 13.2. The largest absolute Gasteiger partial charge is 0.359 e.